The summed E-state index contributed by atoms with van der Waals surface area (Å²) in [5.74, 6) is 0.252. The Morgan fingerprint density at radius 2 is 1.74 bits per heavy atom. The normalized spacial score (nSPS) is 11.8. The van der Waals surface area contributed by atoms with Gasteiger partial charge in [-0.05, 0) is 77.1 Å². The number of carbonyl (C=O) groups excluding carboxylic acids is 2. The van der Waals surface area contributed by atoms with Crippen molar-refractivity contribution < 1.29 is 9.59 Å². The van der Waals surface area contributed by atoms with Crippen molar-refractivity contribution >= 4 is 34.8 Å². The van der Waals surface area contributed by atoms with Gasteiger partial charge in [-0.15, -0.1) is 0 Å². The van der Waals surface area contributed by atoms with Crippen LogP contribution in [0.15, 0.2) is 54.7 Å². The molecule has 2 N–H and O–H groups in total. The molecule has 0 aliphatic rings. The lowest BCUT2D eigenvalue weighted by atomic mass is 10.2. The largest absolute Gasteiger partial charge is 0.323 e. The number of benzene rings is 1. The molecule has 0 fully saturated rings. The molecular weight excluding hydrogens is 464 g/mol. The summed E-state index contributed by atoms with van der Waals surface area (Å²) in [5, 5.41) is 10.4. The van der Waals surface area contributed by atoms with Crippen LogP contribution >= 0.6 is 11.6 Å². The van der Waals surface area contributed by atoms with Crippen molar-refractivity contribution in [3.05, 3.63) is 88.1 Å². The zero-order valence-corrected chi connectivity index (χ0v) is 21.0. The Kier molecular flexibility index (Phi) is 6.75. The van der Waals surface area contributed by atoms with E-state index in [4.69, 9.17) is 11.6 Å². The van der Waals surface area contributed by atoms with Gasteiger partial charge in [0.15, 0.2) is 0 Å². The number of aryl methyl sites for hydroxylation is 3. The third-order valence-electron chi connectivity index (χ3n) is 5.83. The zero-order chi connectivity index (χ0) is 25.3. The molecule has 0 bridgehead atoms. The first kappa shape index (κ1) is 24.2. The quantitative estimate of drug-likeness (QED) is 0.378. The standard InChI is InChI=1S/C26H27ClN6O2/c1-15-12-17(3)33(31-15)19(5)25(34)30-23-10-9-20(14-22(23)27)29-26(35)21-13-16(2)32(18(21)4)24-8-6-7-11-28-24/h6-14,19H,1-5H3,(H,29,35)(H,30,34). The molecule has 8 nitrogen and oxygen atoms in total. The van der Waals surface area contributed by atoms with Crippen LogP contribution in [0.25, 0.3) is 5.82 Å². The third-order valence-corrected chi connectivity index (χ3v) is 6.14. The molecule has 0 saturated heterocycles. The predicted molar refractivity (Wildman–Crippen MR) is 137 cm³/mol. The Labute approximate surface area is 208 Å². The number of pyridine rings is 1. The molecule has 1 aromatic carbocycles. The van der Waals surface area contributed by atoms with E-state index >= 15 is 0 Å². The van der Waals surface area contributed by atoms with Gasteiger partial charge in [0.05, 0.1) is 22.0 Å². The lowest BCUT2D eigenvalue weighted by Crippen LogP contribution is -2.25. The number of carbonyl (C=O) groups is 2. The molecule has 0 radical (unpaired) electrons. The number of hydrogen-bond donors (Lipinski definition) is 2. The summed E-state index contributed by atoms with van der Waals surface area (Å²) < 4.78 is 3.61. The van der Waals surface area contributed by atoms with Crippen molar-refractivity contribution in [2.45, 2.75) is 40.7 Å². The van der Waals surface area contributed by atoms with E-state index in [1.165, 1.54) is 0 Å². The topological polar surface area (TPSA) is 93.8 Å². The second-order valence-electron chi connectivity index (χ2n) is 8.49. The molecule has 0 spiro atoms. The predicted octanol–water partition coefficient (Wildman–Crippen LogP) is 5.41. The van der Waals surface area contributed by atoms with Crippen molar-refractivity contribution in [1.29, 1.82) is 0 Å². The van der Waals surface area contributed by atoms with E-state index in [1.54, 1.807) is 36.0 Å². The third kappa shape index (κ3) is 4.97. The zero-order valence-electron chi connectivity index (χ0n) is 20.3. The van der Waals surface area contributed by atoms with Crippen LogP contribution in [-0.2, 0) is 4.79 Å². The summed E-state index contributed by atoms with van der Waals surface area (Å²) in [6.07, 6.45) is 1.72. The van der Waals surface area contributed by atoms with Crippen molar-refractivity contribution in [1.82, 2.24) is 19.3 Å². The van der Waals surface area contributed by atoms with Crippen LogP contribution in [0, 0.1) is 27.7 Å². The first-order chi connectivity index (χ1) is 16.7. The number of hydrogen-bond acceptors (Lipinski definition) is 4. The smallest absolute Gasteiger partial charge is 0.257 e. The van der Waals surface area contributed by atoms with Crippen LogP contribution in [0.1, 0.15) is 46.1 Å². The Balaban J connectivity index is 1.48. The average Bonchev–Trinajstić information content (AvgIpc) is 3.32. The van der Waals surface area contributed by atoms with Gasteiger partial charge in [0.1, 0.15) is 11.9 Å². The number of halogens is 1. The summed E-state index contributed by atoms with van der Waals surface area (Å²) in [6, 6.07) is 13.9. The van der Waals surface area contributed by atoms with Crippen molar-refractivity contribution in [2.24, 2.45) is 0 Å². The maximum Gasteiger partial charge on any atom is 0.257 e. The Bertz CT molecular complexity index is 1410. The number of amides is 2. The van der Waals surface area contributed by atoms with Gasteiger partial charge in [0.25, 0.3) is 5.91 Å². The van der Waals surface area contributed by atoms with E-state index in [2.05, 4.69) is 20.7 Å². The lowest BCUT2D eigenvalue weighted by Gasteiger charge is -2.16. The monoisotopic (exact) mass is 490 g/mol. The minimum Gasteiger partial charge on any atom is -0.323 e. The molecule has 0 saturated carbocycles. The summed E-state index contributed by atoms with van der Waals surface area (Å²) in [7, 11) is 0. The molecule has 0 aliphatic heterocycles. The van der Waals surface area contributed by atoms with Gasteiger partial charge in [-0.1, -0.05) is 17.7 Å². The van der Waals surface area contributed by atoms with E-state index in [0.29, 0.717) is 22.0 Å². The van der Waals surface area contributed by atoms with Gasteiger partial charge in [0, 0.05) is 29.0 Å². The fourth-order valence-corrected chi connectivity index (χ4v) is 4.34. The van der Waals surface area contributed by atoms with Gasteiger partial charge in [0.2, 0.25) is 5.91 Å². The maximum atomic E-state index is 13.0. The van der Waals surface area contributed by atoms with E-state index in [9.17, 15) is 9.59 Å². The van der Waals surface area contributed by atoms with Crippen molar-refractivity contribution in [3.8, 4) is 5.82 Å². The Morgan fingerprint density at radius 1 is 0.971 bits per heavy atom. The molecule has 9 heteroatoms. The van der Waals surface area contributed by atoms with Gasteiger partial charge in [-0.2, -0.15) is 5.10 Å². The minimum atomic E-state index is -0.506. The molecular formula is C26H27ClN6O2. The Morgan fingerprint density at radius 3 is 2.37 bits per heavy atom. The molecule has 4 rings (SSSR count). The lowest BCUT2D eigenvalue weighted by molar-refractivity contribution is -0.119. The highest BCUT2D eigenvalue weighted by Crippen LogP contribution is 2.28. The molecule has 2 amide bonds. The number of aromatic nitrogens is 4. The summed E-state index contributed by atoms with van der Waals surface area (Å²) in [5.41, 5.74) is 4.95. The van der Waals surface area contributed by atoms with Crippen LogP contribution < -0.4 is 10.6 Å². The molecule has 35 heavy (non-hydrogen) atoms. The van der Waals surface area contributed by atoms with Crippen molar-refractivity contribution in [2.75, 3.05) is 10.6 Å². The minimum absolute atomic E-state index is 0.239. The molecule has 1 atom stereocenters. The number of anilines is 2. The highest BCUT2D eigenvalue weighted by molar-refractivity contribution is 6.34. The van der Waals surface area contributed by atoms with Crippen LogP contribution in [-0.4, -0.2) is 31.1 Å². The molecule has 3 aromatic heterocycles. The number of nitrogens with one attached hydrogen (secondary N) is 2. The first-order valence-electron chi connectivity index (χ1n) is 11.2. The molecule has 1 unspecified atom stereocenters. The molecule has 0 aliphatic carbocycles. The molecule has 4 aromatic rings. The van der Waals surface area contributed by atoms with Crippen LogP contribution in [0.2, 0.25) is 5.02 Å². The van der Waals surface area contributed by atoms with E-state index in [1.807, 2.05) is 62.6 Å². The van der Waals surface area contributed by atoms with E-state index in [-0.39, 0.29) is 11.8 Å². The highest BCUT2D eigenvalue weighted by atomic mass is 35.5. The number of nitrogens with zero attached hydrogens (tertiary/aromatic N) is 4. The van der Waals surface area contributed by atoms with E-state index in [0.717, 1.165) is 28.6 Å². The van der Waals surface area contributed by atoms with Crippen LogP contribution in [0.5, 0.6) is 0 Å². The molecule has 180 valence electrons. The maximum absolute atomic E-state index is 13.0. The molecule has 3 heterocycles. The second-order valence-corrected chi connectivity index (χ2v) is 8.90. The summed E-state index contributed by atoms with van der Waals surface area (Å²) >= 11 is 6.43. The number of rotatable bonds is 6. The first-order valence-corrected chi connectivity index (χ1v) is 11.6. The SMILES string of the molecule is Cc1cc(C)n(C(C)C(=O)Nc2ccc(NC(=O)c3cc(C)n(-c4ccccn4)c3C)cc2Cl)n1. The van der Waals surface area contributed by atoms with Gasteiger partial charge in [-0.25, -0.2) is 4.98 Å². The average molecular weight is 491 g/mol. The van der Waals surface area contributed by atoms with Crippen LogP contribution in [0.3, 0.4) is 0 Å². The van der Waals surface area contributed by atoms with Crippen molar-refractivity contribution in [3.63, 3.8) is 0 Å². The van der Waals surface area contributed by atoms with Gasteiger partial charge >= 0.3 is 0 Å². The van der Waals surface area contributed by atoms with Gasteiger partial charge in [-0.3, -0.25) is 14.3 Å². The fraction of sp³-hybridized carbons (Fsp3) is 0.231. The fourth-order valence-electron chi connectivity index (χ4n) is 4.11. The Hall–Kier alpha value is -3.91. The van der Waals surface area contributed by atoms with E-state index < -0.39 is 6.04 Å². The summed E-state index contributed by atoms with van der Waals surface area (Å²) in [4.78, 5) is 30.2. The van der Waals surface area contributed by atoms with Gasteiger partial charge < -0.3 is 15.2 Å². The van der Waals surface area contributed by atoms with Crippen LogP contribution in [0.4, 0.5) is 11.4 Å². The highest BCUT2D eigenvalue weighted by Gasteiger charge is 2.20. The second kappa shape index (κ2) is 9.76. The summed E-state index contributed by atoms with van der Waals surface area (Å²) in [6.45, 7) is 9.38.